The molecule has 1 heterocycles. The molecule has 132 valence electrons. The van der Waals surface area contributed by atoms with Gasteiger partial charge in [0.1, 0.15) is 5.76 Å². The van der Waals surface area contributed by atoms with Gasteiger partial charge in [0.2, 0.25) is 0 Å². The van der Waals surface area contributed by atoms with Gasteiger partial charge in [0.05, 0.1) is 6.54 Å². The Hall–Kier alpha value is -3.34. The molecule has 1 aromatic heterocycles. The lowest BCUT2D eigenvalue weighted by molar-refractivity contribution is 0.0948. The third kappa shape index (κ3) is 4.19. The highest BCUT2D eigenvalue weighted by Gasteiger charge is 2.13. The van der Waals surface area contributed by atoms with Crippen LogP contribution < -0.4 is 10.6 Å². The van der Waals surface area contributed by atoms with E-state index in [-0.39, 0.29) is 24.1 Å². The molecule has 0 atom stereocenters. The van der Waals surface area contributed by atoms with Crippen molar-refractivity contribution < 1.29 is 14.0 Å². The maximum Gasteiger partial charge on any atom is 0.291 e. The molecule has 0 fully saturated rings. The number of rotatable bonds is 5. The summed E-state index contributed by atoms with van der Waals surface area (Å²) < 4.78 is 5.54. The van der Waals surface area contributed by atoms with Gasteiger partial charge < -0.3 is 15.1 Å². The minimum atomic E-state index is -0.324. The summed E-state index contributed by atoms with van der Waals surface area (Å²) in [6.45, 7) is 4.10. The number of amides is 2. The Morgan fingerprint density at radius 2 is 1.62 bits per heavy atom. The maximum atomic E-state index is 12.3. The molecule has 0 bridgehead atoms. The molecule has 5 nitrogen and oxygen atoms in total. The summed E-state index contributed by atoms with van der Waals surface area (Å²) in [5, 5.41) is 5.60. The molecule has 0 spiro atoms. The van der Waals surface area contributed by atoms with Crippen LogP contribution in [0.4, 0.5) is 5.69 Å². The number of nitrogens with one attached hydrogen (secondary N) is 2. The summed E-state index contributed by atoms with van der Waals surface area (Å²) in [6, 6.07) is 18.1. The largest absolute Gasteiger partial charge is 0.454 e. The zero-order chi connectivity index (χ0) is 18.5. The number of furan rings is 1. The molecule has 3 rings (SSSR count). The molecule has 0 aliphatic heterocycles. The minimum absolute atomic E-state index is 0.188. The zero-order valence-corrected chi connectivity index (χ0v) is 14.7. The van der Waals surface area contributed by atoms with E-state index < -0.39 is 0 Å². The Labute approximate surface area is 152 Å². The number of anilines is 1. The van der Waals surface area contributed by atoms with Crippen LogP contribution in [0.2, 0.25) is 0 Å². The van der Waals surface area contributed by atoms with E-state index in [0.29, 0.717) is 11.3 Å². The number of hydrogen-bond donors (Lipinski definition) is 2. The summed E-state index contributed by atoms with van der Waals surface area (Å²) in [4.78, 5) is 24.4. The third-order valence-corrected chi connectivity index (χ3v) is 4.02. The standard InChI is InChI=1S/C21H20N2O3/c1-14-7-9-16(10-8-14)20(24)22-13-17-11-12-19(26-17)21(25)23-18-6-4-3-5-15(18)2/h3-12H,13H2,1-2H3,(H,22,24)(H,23,25). The van der Waals surface area contributed by atoms with Crippen molar-refractivity contribution >= 4 is 17.5 Å². The van der Waals surface area contributed by atoms with Crippen LogP contribution in [0.1, 0.15) is 37.8 Å². The van der Waals surface area contributed by atoms with E-state index in [2.05, 4.69) is 10.6 Å². The Morgan fingerprint density at radius 3 is 2.35 bits per heavy atom. The lowest BCUT2D eigenvalue weighted by Crippen LogP contribution is -2.22. The van der Waals surface area contributed by atoms with Crippen molar-refractivity contribution in [1.82, 2.24) is 5.32 Å². The van der Waals surface area contributed by atoms with Crippen molar-refractivity contribution in [2.75, 3.05) is 5.32 Å². The first-order valence-electron chi connectivity index (χ1n) is 8.33. The second kappa shape index (κ2) is 7.70. The highest BCUT2D eigenvalue weighted by atomic mass is 16.4. The van der Waals surface area contributed by atoms with Crippen LogP contribution in [0.15, 0.2) is 65.1 Å². The van der Waals surface area contributed by atoms with Crippen molar-refractivity contribution in [2.24, 2.45) is 0 Å². The van der Waals surface area contributed by atoms with Crippen molar-refractivity contribution in [3.8, 4) is 0 Å². The Kier molecular flexibility index (Phi) is 5.17. The third-order valence-electron chi connectivity index (χ3n) is 4.02. The van der Waals surface area contributed by atoms with E-state index in [1.165, 1.54) is 0 Å². The fourth-order valence-corrected chi connectivity index (χ4v) is 2.47. The SMILES string of the molecule is Cc1ccc(C(=O)NCc2ccc(C(=O)Nc3ccccc3C)o2)cc1. The quantitative estimate of drug-likeness (QED) is 0.730. The van der Waals surface area contributed by atoms with Gasteiger partial charge in [0, 0.05) is 11.3 Å². The van der Waals surface area contributed by atoms with E-state index >= 15 is 0 Å². The van der Waals surface area contributed by atoms with Gasteiger partial charge in [0.25, 0.3) is 11.8 Å². The maximum absolute atomic E-state index is 12.3. The number of carbonyl (C=O) groups is 2. The Morgan fingerprint density at radius 1 is 0.885 bits per heavy atom. The van der Waals surface area contributed by atoms with Crippen LogP contribution in [0.3, 0.4) is 0 Å². The number of hydrogen-bond acceptors (Lipinski definition) is 3. The normalized spacial score (nSPS) is 10.4. The lowest BCUT2D eigenvalue weighted by atomic mass is 10.1. The van der Waals surface area contributed by atoms with Crippen LogP contribution in [-0.4, -0.2) is 11.8 Å². The Bertz CT molecular complexity index is 926. The highest BCUT2D eigenvalue weighted by molar-refractivity contribution is 6.02. The van der Waals surface area contributed by atoms with Gasteiger partial charge in [-0.15, -0.1) is 0 Å². The monoisotopic (exact) mass is 348 g/mol. The first-order chi connectivity index (χ1) is 12.5. The van der Waals surface area contributed by atoms with Crippen molar-refractivity contribution in [3.05, 3.63) is 88.9 Å². The van der Waals surface area contributed by atoms with Gasteiger partial charge in [-0.05, 0) is 49.7 Å². The van der Waals surface area contributed by atoms with Crippen LogP contribution in [0, 0.1) is 13.8 Å². The molecule has 0 saturated carbocycles. The average molecular weight is 348 g/mol. The van der Waals surface area contributed by atoms with Gasteiger partial charge in [0.15, 0.2) is 5.76 Å². The summed E-state index contributed by atoms with van der Waals surface area (Å²) in [7, 11) is 0. The highest BCUT2D eigenvalue weighted by Crippen LogP contribution is 2.16. The predicted molar refractivity (Wildman–Crippen MR) is 100 cm³/mol. The number of para-hydroxylation sites is 1. The van der Waals surface area contributed by atoms with E-state index in [1.807, 2.05) is 50.2 Å². The molecule has 2 aromatic carbocycles. The summed E-state index contributed by atoms with van der Waals surface area (Å²) in [5.74, 6) is 0.205. The fraction of sp³-hybridized carbons (Fsp3) is 0.143. The fourth-order valence-electron chi connectivity index (χ4n) is 2.47. The van der Waals surface area contributed by atoms with Crippen LogP contribution in [0.5, 0.6) is 0 Å². The molecule has 0 unspecified atom stereocenters. The molecule has 2 N–H and O–H groups in total. The van der Waals surface area contributed by atoms with E-state index in [9.17, 15) is 9.59 Å². The van der Waals surface area contributed by atoms with Crippen molar-refractivity contribution in [3.63, 3.8) is 0 Å². The molecular weight excluding hydrogens is 328 g/mol. The number of benzene rings is 2. The van der Waals surface area contributed by atoms with Crippen molar-refractivity contribution in [1.29, 1.82) is 0 Å². The first kappa shape index (κ1) is 17.5. The molecular formula is C21H20N2O3. The van der Waals surface area contributed by atoms with Crippen molar-refractivity contribution in [2.45, 2.75) is 20.4 Å². The lowest BCUT2D eigenvalue weighted by Gasteiger charge is -2.06. The smallest absolute Gasteiger partial charge is 0.291 e. The molecule has 2 amide bonds. The summed E-state index contributed by atoms with van der Waals surface area (Å²) in [5.41, 5.74) is 3.39. The molecule has 3 aromatic rings. The van der Waals surface area contributed by atoms with E-state index in [1.54, 1.807) is 24.3 Å². The molecule has 0 aliphatic rings. The van der Waals surface area contributed by atoms with Gasteiger partial charge in [-0.3, -0.25) is 9.59 Å². The molecule has 0 aliphatic carbocycles. The second-order valence-electron chi connectivity index (χ2n) is 6.08. The first-order valence-corrected chi connectivity index (χ1v) is 8.33. The van der Waals surface area contributed by atoms with E-state index in [0.717, 1.165) is 16.8 Å². The van der Waals surface area contributed by atoms with Gasteiger partial charge in [-0.25, -0.2) is 0 Å². The van der Waals surface area contributed by atoms with Gasteiger partial charge in [-0.2, -0.15) is 0 Å². The summed E-state index contributed by atoms with van der Waals surface area (Å²) in [6.07, 6.45) is 0. The van der Waals surface area contributed by atoms with Crippen LogP contribution in [0.25, 0.3) is 0 Å². The average Bonchev–Trinajstić information content (AvgIpc) is 3.11. The number of aryl methyl sites for hydroxylation is 2. The topological polar surface area (TPSA) is 71.3 Å². The Balaban J connectivity index is 1.59. The molecule has 0 saturated heterocycles. The zero-order valence-electron chi connectivity index (χ0n) is 14.7. The minimum Gasteiger partial charge on any atom is -0.454 e. The van der Waals surface area contributed by atoms with Gasteiger partial charge in [-0.1, -0.05) is 35.9 Å². The van der Waals surface area contributed by atoms with Crippen LogP contribution in [-0.2, 0) is 6.54 Å². The molecule has 26 heavy (non-hydrogen) atoms. The van der Waals surface area contributed by atoms with Gasteiger partial charge >= 0.3 is 0 Å². The molecule has 5 heteroatoms. The predicted octanol–water partition coefficient (Wildman–Crippen LogP) is 4.08. The molecule has 0 radical (unpaired) electrons. The summed E-state index contributed by atoms with van der Waals surface area (Å²) >= 11 is 0. The number of carbonyl (C=O) groups excluding carboxylic acids is 2. The van der Waals surface area contributed by atoms with E-state index in [4.69, 9.17) is 4.42 Å². The second-order valence-corrected chi connectivity index (χ2v) is 6.08. The van der Waals surface area contributed by atoms with Crippen LogP contribution >= 0.6 is 0 Å².